The summed E-state index contributed by atoms with van der Waals surface area (Å²) in [5.74, 6) is 1.76. The van der Waals surface area contributed by atoms with Gasteiger partial charge in [-0.3, -0.25) is 0 Å². The van der Waals surface area contributed by atoms with E-state index in [1.54, 1.807) is 12.3 Å². The molecule has 4 rings (SSSR count). The van der Waals surface area contributed by atoms with Gasteiger partial charge in [0.2, 0.25) is 0 Å². The average molecular weight is 399 g/mol. The highest BCUT2D eigenvalue weighted by Gasteiger charge is 2.24. The van der Waals surface area contributed by atoms with Crippen LogP contribution in [0.4, 0.5) is 11.6 Å². The molecular formula is C21H28N6O2. The molecule has 3 aromatic rings. The Kier molecular flexibility index (Phi) is 5.80. The standard InChI is InChI=1S/C21H28N6O2/c1-2-17-14-23-27-19(22-13-16-6-5-9-25(29)15-16)12-20(24-21(17)27)26-10-4-3-7-18(26)8-11-28/h5-6,9,12,14-15,18,22,28H,2-4,7-8,10-11,13H2,1H3/t18-/m0/s1/i12+1,19+1,20+1. The predicted molar refractivity (Wildman–Crippen MR) is 112 cm³/mol. The van der Waals surface area contributed by atoms with Gasteiger partial charge in [-0.25, -0.2) is 4.98 Å². The Morgan fingerprint density at radius 3 is 3.07 bits per heavy atom. The summed E-state index contributed by atoms with van der Waals surface area (Å²) in [4.78, 5) is 7.27. The Balaban J connectivity index is 1.69. The molecule has 154 valence electrons. The van der Waals surface area contributed by atoms with Gasteiger partial charge < -0.3 is 20.5 Å². The van der Waals surface area contributed by atoms with Gasteiger partial charge in [-0.1, -0.05) is 6.92 Å². The maximum absolute atomic E-state index is 11.5. The zero-order chi connectivity index (χ0) is 20.2. The van der Waals surface area contributed by atoms with Crippen molar-refractivity contribution in [3.8, 4) is 0 Å². The molecule has 3 aromatic heterocycles. The van der Waals surface area contributed by atoms with Gasteiger partial charge in [-0.15, -0.1) is 0 Å². The molecule has 1 aliphatic rings. The first-order chi connectivity index (χ1) is 14.2. The number of hydrogen-bond acceptors (Lipinski definition) is 6. The normalized spacial score (nSPS) is 17.0. The third-order valence-electron chi connectivity index (χ3n) is 5.61. The van der Waals surface area contributed by atoms with Gasteiger partial charge in [0.05, 0.1) is 6.20 Å². The van der Waals surface area contributed by atoms with E-state index in [1.807, 2.05) is 22.8 Å². The zero-order valence-corrected chi connectivity index (χ0v) is 16.8. The molecule has 0 saturated carbocycles. The molecule has 1 atom stereocenters. The van der Waals surface area contributed by atoms with E-state index in [4.69, 9.17) is 4.98 Å². The van der Waals surface area contributed by atoms with E-state index < -0.39 is 0 Å². The Morgan fingerprint density at radius 1 is 1.38 bits per heavy atom. The van der Waals surface area contributed by atoms with Crippen molar-refractivity contribution in [1.82, 2.24) is 14.6 Å². The van der Waals surface area contributed by atoms with E-state index in [0.717, 1.165) is 65.4 Å². The van der Waals surface area contributed by atoms with Gasteiger partial charge in [0.15, 0.2) is 18.0 Å². The van der Waals surface area contributed by atoms with Crippen LogP contribution in [0.15, 0.2) is 36.8 Å². The van der Waals surface area contributed by atoms with Crippen LogP contribution >= 0.6 is 0 Å². The second kappa shape index (κ2) is 8.65. The molecule has 2 N–H and O–H groups in total. The molecule has 0 radical (unpaired) electrons. The SMILES string of the molecule is CCc1cnn2c1n[13c](N1CCCC[C@H]1CCO)[13cH][13c]2NCc1ccc[n+]([O-])c1. The lowest BCUT2D eigenvalue weighted by Crippen LogP contribution is -2.40. The van der Waals surface area contributed by atoms with Gasteiger partial charge in [-0.2, -0.15) is 14.3 Å². The third kappa shape index (κ3) is 4.12. The smallest absolute Gasteiger partial charge is 0.185 e. The topological polar surface area (TPSA) is 92.6 Å². The van der Waals surface area contributed by atoms with Crippen LogP contribution in [0.2, 0.25) is 0 Å². The van der Waals surface area contributed by atoms with Crippen molar-refractivity contribution in [1.29, 1.82) is 0 Å². The van der Waals surface area contributed by atoms with Crippen molar-refractivity contribution in [2.75, 3.05) is 23.4 Å². The molecule has 8 heteroatoms. The summed E-state index contributed by atoms with van der Waals surface area (Å²) in [7, 11) is 0. The van der Waals surface area contributed by atoms with Gasteiger partial charge in [0, 0.05) is 49.0 Å². The Labute approximate surface area is 170 Å². The Morgan fingerprint density at radius 2 is 2.28 bits per heavy atom. The number of hydrogen-bond donors (Lipinski definition) is 2. The van der Waals surface area contributed by atoms with E-state index in [1.165, 1.54) is 12.6 Å². The number of nitrogens with zero attached hydrogens (tertiary/aromatic N) is 5. The number of aryl methyl sites for hydroxylation is 1. The van der Waals surface area contributed by atoms with Gasteiger partial charge >= 0.3 is 0 Å². The molecule has 0 aromatic carbocycles. The molecule has 1 aliphatic heterocycles. The quantitative estimate of drug-likeness (QED) is 0.468. The number of anilines is 2. The highest BCUT2D eigenvalue weighted by Crippen LogP contribution is 2.28. The van der Waals surface area contributed by atoms with Crippen LogP contribution in [0, 0.1) is 5.21 Å². The lowest BCUT2D eigenvalue weighted by molar-refractivity contribution is -0.605. The monoisotopic (exact) mass is 399 g/mol. The molecule has 8 nitrogen and oxygen atoms in total. The van der Waals surface area contributed by atoms with Crippen LogP contribution < -0.4 is 14.9 Å². The maximum Gasteiger partial charge on any atom is 0.185 e. The van der Waals surface area contributed by atoms with E-state index in [0.29, 0.717) is 12.6 Å². The number of aliphatic hydroxyl groups excluding tert-OH is 1. The lowest BCUT2D eigenvalue weighted by atomic mass is 10.0. The second-order valence-electron chi connectivity index (χ2n) is 7.54. The molecule has 0 aliphatic carbocycles. The summed E-state index contributed by atoms with van der Waals surface area (Å²) >= 11 is 0. The van der Waals surface area contributed by atoms with Crippen molar-refractivity contribution in [2.24, 2.45) is 0 Å². The number of aliphatic hydroxyl groups is 1. The third-order valence-corrected chi connectivity index (χ3v) is 5.61. The first kappa shape index (κ1) is 19.4. The molecule has 0 spiro atoms. The molecule has 4 heterocycles. The van der Waals surface area contributed by atoms with Crippen LogP contribution in [0.5, 0.6) is 0 Å². The summed E-state index contributed by atoms with van der Waals surface area (Å²) in [5, 5.41) is 29.0. The van der Waals surface area contributed by atoms with E-state index in [9.17, 15) is 10.3 Å². The minimum absolute atomic E-state index is 0.185. The minimum Gasteiger partial charge on any atom is -0.619 e. The van der Waals surface area contributed by atoms with Crippen LogP contribution in [-0.2, 0) is 13.0 Å². The summed E-state index contributed by atoms with van der Waals surface area (Å²) < 4.78 is 2.64. The molecule has 1 fully saturated rings. The average Bonchev–Trinajstić information content (AvgIpc) is 3.16. The second-order valence-corrected chi connectivity index (χ2v) is 7.54. The molecule has 29 heavy (non-hydrogen) atoms. The summed E-state index contributed by atoms with van der Waals surface area (Å²) in [6.45, 7) is 3.75. The van der Waals surface area contributed by atoms with Gasteiger partial charge in [0.1, 0.15) is 11.6 Å². The fourth-order valence-electron chi connectivity index (χ4n) is 4.07. The molecule has 1 saturated heterocycles. The largest absolute Gasteiger partial charge is 0.619 e. The fourth-order valence-corrected chi connectivity index (χ4v) is 4.07. The minimum atomic E-state index is 0.185. The van der Waals surface area contributed by atoms with E-state index in [-0.39, 0.29) is 6.61 Å². The van der Waals surface area contributed by atoms with E-state index in [2.05, 4.69) is 22.2 Å². The van der Waals surface area contributed by atoms with Gasteiger partial charge in [-0.05, 0) is 38.2 Å². The van der Waals surface area contributed by atoms with Crippen molar-refractivity contribution in [2.45, 2.75) is 51.6 Å². The predicted octanol–water partition coefficient (Wildman–Crippen LogP) is 2.28. The maximum atomic E-state index is 11.5. The van der Waals surface area contributed by atoms with Crippen LogP contribution in [-0.4, -0.2) is 38.9 Å². The van der Waals surface area contributed by atoms with Crippen LogP contribution in [0.3, 0.4) is 0 Å². The molecule has 0 unspecified atom stereocenters. The number of aromatic nitrogens is 4. The van der Waals surface area contributed by atoms with Crippen LogP contribution in [0.1, 0.15) is 43.7 Å². The molecular weight excluding hydrogens is 371 g/mol. The highest BCUT2D eigenvalue weighted by atomic mass is 16.5. The lowest BCUT2D eigenvalue weighted by Gasteiger charge is -2.36. The van der Waals surface area contributed by atoms with E-state index >= 15 is 0 Å². The fraction of sp³-hybridized carbons (Fsp3) is 0.476. The van der Waals surface area contributed by atoms with Crippen LogP contribution in [0.25, 0.3) is 5.65 Å². The summed E-state index contributed by atoms with van der Waals surface area (Å²) in [6, 6.07) is 6.00. The summed E-state index contributed by atoms with van der Waals surface area (Å²) in [6.07, 6.45) is 9.91. The van der Waals surface area contributed by atoms with Crippen molar-refractivity contribution >= 4 is 17.3 Å². The number of rotatable bonds is 7. The Hall–Kier alpha value is -2.87. The molecule has 0 bridgehead atoms. The number of nitrogens with one attached hydrogen (secondary N) is 1. The van der Waals surface area contributed by atoms with Crippen molar-refractivity contribution < 1.29 is 9.84 Å². The Bertz CT molecular complexity index is 971. The zero-order valence-electron chi connectivity index (χ0n) is 16.8. The van der Waals surface area contributed by atoms with Gasteiger partial charge in [0.25, 0.3) is 0 Å². The van der Waals surface area contributed by atoms with Crippen molar-refractivity contribution in [3.63, 3.8) is 0 Å². The van der Waals surface area contributed by atoms with Crippen molar-refractivity contribution in [3.05, 3.63) is 53.1 Å². The number of pyridine rings is 1. The number of piperidine rings is 1. The first-order valence-corrected chi connectivity index (χ1v) is 10.4. The summed E-state index contributed by atoms with van der Waals surface area (Å²) in [5.41, 5.74) is 2.85. The highest BCUT2D eigenvalue weighted by molar-refractivity contribution is 5.61. The number of fused-ring (bicyclic) bond motifs is 1. The molecule has 0 amide bonds. The first-order valence-electron chi connectivity index (χ1n) is 10.4.